The molecule has 0 saturated carbocycles. The summed E-state index contributed by atoms with van der Waals surface area (Å²) in [5.74, 6) is -3.95. The first-order valence-electron chi connectivity index (χ1n) is 12.6. The van der Waals surface area contributed by atoms with Crippen LogP contribution in [0.5, 0.6) is 0 Å². The molecule has 3 heterocycles. The monoisotopic (exact) mass is 545 g/mol. The lowest BCUT2D eigenvalue weighted by molar-refractivity contribution is -0.137. The molecule has 3 amide bonds. The summed E-state index contributed by atoms with van der Waals surface area (Å²) < 4.78 is 39.8. The summed E-state index contributed by atoms with van der Waals surface area (Å²) in [7, 11) is 0. The molecule has 202 valence electrons. The van der Waals surface area contributed by atoms with Gasteiger partial charge in [-0.3, -0.25) is 19.2 Å². The van der Waals surface area contributed by atoms with Crippen molar-refractivity contribution in [1.82, 2.24) is 4.90 Å². The molecule has 3 aliphatic rings. The Hall–Kier alpha value is -4.73. The van der Waals surface area contributed by atoms with Crippen LogP contribution in [0.15, 0.2) is 79.0 Å². The number of nitrogens with one attached hydrogen (secondary N) is 1. The Morgan fingerprint density at radius 1 is 0.875 bits per heavy atom. The van der Waals surface area contributed by atoms with Crippen molar-refractivity contribution in [1.29, 1.82) is 0 Å². The van der Waals surface area contributed by atoms with Crippen LogP contribution in [-0.4, -0.2) is 34.4 Å². The normalized spacial score (nSPS) is 23.1. The summed E-state index contributed by atoms with van der Waals surface area (Å²) in [5, 5.41) is 2.54. The van der Waals surface area contributed by atoms with Crippen molar-refractivity contribution in [2.24, 2.45) is 11.8 Å². The third kappa shape index (κ3) is 3.98. The van der Waals surface area contributed by atoms with Crippen molar-refractivity contribution in [2.45, 2.75) is 25.2 Å². The summed E-state index contributed by atoms with van der Waals surface area (Å²) in [6.07, 6.45) is -1.16. The topological polar surface area (TPSA) is 86.8 Å². The van der Waals surface area contributed by atoms with Gasteiger partial charge in [0.1, 0.15) is 6.04 Å². The number of rotatable bonds is 4. The number of hydrogen-bond donors (Lipinski definition) is 1. The van der Waals surface area contributed by atoms with E-state index < -0.39 is 53.4 Å². The third-order valence-electron chi connectivity index (χ3n) is 7.72. The van der Waals surface area contributed by atoms with E-state index >= 15 is 0 Å². The predicted molar refractivity (Wildman–Crippen MR) is 140 cm³/mol. The average Bonchev–Trinajstić information content (AvgIpc) is 3.40. The highest BCUT2D eigenvalue weighted by Gasteiger charge is 2.64. The van der Waals surface area contributed by atoms with Gasteiger partial charge in [-0.05, 0) is 66.6 Å². The minimum atomic E-state index is -4.60. The smallest absolute Gasteiger partial charge is 0.357 e. The number of Topliss-reactive ketones (excluding diaryl/α,β-unsaturated/α-hetero) is 1. The lowest BCUT2D eigenvalue weighted by Gasteiger charge is -2.35. The van der Waals surface area contributed by atoms with Crippen molar-refractivity contribution in [3.63, 3.8) is 0 Å². The molecule has 0 aromatic heterocycles. The van der Waals surface area contributed by atoms with E-state index in [1.54, 1.807) is 23.2 Å². The highest BCUT2D eigenvalue weighted by Crippen LogP contribution is 2.53. The Balaban J connectivity index is 1.40. The fraction of sp³-hybridized carbons (Fsp3) is 0.200. The maximum Gasteiger partial charge on any atom is 0.416 e. The molecule has 0 unspecified atom stereocenters. The van der Waals surface area contributed by atoms with Gasteiger partial charge in [0.05, 0.1) is 29.1 Å². The van der Waals surface area contributed by atoms with E-state index in [4.69, 9.17) is 0 Å². The van der Waals surface area contributed by atoms with E-state index in [2.05, 4.69) is 5.32 Å². The summed E-state index contributed by atoms with van der Waals surface area (Å²) in [6, 6.07) is 15.9. The number of ketones is 1. The fourth-order valence-corrected chi connectivity index (χ4v) is 5.95. The van der Waals surface area contributed by atoms with E-state index in [1.807, 2.05) is 18.2 Å². The maximum atomic E-state index is 13.9. The van der Waals surface area contributed by atoms with Gasteiger partial charge < -0.3 is 10.2 Å². The van der Waals surface area contributed by atoms with Gasteiger partial charge in [0.2, 0.25) is 17.7 Å². The Bertz CT molecular complexity index is 1600. The standard InChI is InChI=1S/C30H22F3N3O4/c1-16(37)17-9-11-21(12-10-17)36-28(39)23-24(29(36)40)26(35-14-13-18-5-2-3-8-22(18)25(23)35)27(38)34-20-7-4-6-19(15-20)30(31,32)33/h2-15,23-26H,1H3,(H,34,38)/t23-,24+,25+,26+/m0/s1. The fourth-order valence-electron chi connectivity index (χ4n) is 5.95. The van der Waals surface area contributed by atoms with Crippen LogP contribution in [0.1, 0.15) is 40.0 Å². The van der Waals surface area contributed by atoms with Crippen LogP contribution in [0, 0.1) is 11.8 Å². The molecule has 10 heteroatoms. The van der Waals surface area contributed by atoms with Gasteiger partial charge in [0, 0.05) is 17.5 Å². The number of carbonyl (C=O) groups excluding carboxylic acids is 4. The second-order valence-electron chi connectivity index (χ2n) is 10.0. The minimum Gasteiger partial charge on any atom is -0.357 e. The predicted octanol–water partition coefficient (Wildman–Crippen LogP) is 5.06. The van der Waals surface area contributed by atoms with Crippen molar-refractivity contribution < 1.29 is 32.3 Å². The number of imide groups is 1. The Morgan fingerprint density at radius 2 is 1.57 bits per heavy atom. The van der Waals surface area contributed by atoms with Crippen LogP contribution in [0.2, 0.25) is 0 Å². The quantitative estimate of drug-likeness (QED) is 0.366. The SMILES string of the molecule is CC(=O)c1ccc(N2C(=O)[C@@H]3[C@H](C2=O)[C@H]2c4ccccc4C=CN2[C@H]3C(=O)Nc2cccc(C(F)(F)F)c2)cc1. The number of carbonyl (C=O) groups is 4. The maximum absolute atomic E-state index is 13.9. The minimum absolute atomic E-state index is 0.0744. The first kappa shape index (κ1) is 25.5. The molecule has 2 fully saturated rings. The molecule has 0 bridgehead atoms. The van der Waals surface area contributed by atoms with E-state index in [1.165, 1.54) is 43.3 Å². The summed E-state index contributed by atoms with van der Waals surface area (Å²) in [6.45, 7) is 1.40. The molecule has 1 N–H and O–H groups in total. The molecule has 3 aromatic rings. The van der Waals surface area contributed by atoms with E-state index in [0.29, 0.717) is 5.56 Å². The molecule has 0 radical (unpaired) electrons. The van der Waals surface area contributed by atoms with E-state index in [9.17, 15) is 32.3 Å². The summed E-state index contributed by atoms with van der Waals surface area (Å²) in [4.78, 5) is 55.9. The van der Waals surface area contributed by atoms with E-state index in [0.717, 1.165) is 28.2 Å². The number of amides is 3. The van der Waals surface area contributed by atoms with Crippen LogP contribution in [0.3, 0.4) is 0 Å². The Kier molecular flexibility index (Phi) is 5.86. The highest BCUT2D eigenvalue weighted by molar-refractivity contribution is 6.24. The number of halogens is 3. The lowest BCUT2D eigenvalue weighted by atomic mass is 9.84. The van der Waals surface area contributed by atoms with Crippen LogP contribution in [0.4, 0.5) is 24.5 Å². The largest absolute Gasteiger partial charge is 0.416 e. The number of benzene rings is 3. The second-order valence-corrected chi connectivity index (χ2v) is 10.0. The molecule has 40 heavy (non-hydrogen) atoms. The van der Waals surface area contributed by atoms with Crippen LogP contribution in [0.25, 0.3) is 6.08 Å². The first-order valence-corrected chi connectivity index (χ1v) is 12.6. The molecular weight excluding hydrogens is 523 g/mol. The highest BCUT2D eigenvalue weighted by atomic mass is 19.4. The van der Waals surface area contributed by atoms with Gasteiger partial charge in [-0.25, -0.2) is 4.90 Å². The summed E-state index contributed by atoms with van der Waals surface area (Å²) >= 11 is 0. The van der Waals surface area contributed by atoms with Crippen molar-refractivity contribution in [2.75, 3.05) is 10.2 Å². The van der Waals surface area contributed by atoms with Crippen molar-refractivity contribution >= 4 is 41.0 Å². The van der Waals surface area contributed by atoms with Gasteiger partial charge in [-0.15, -0.1) is 0 Å². The van der Waals surface area contributed by atoms with Gasteiger partial charge in [0.15, 0.2) is 5.78 Å². The lowest BCUT2D eigenvalue weighted by Crippen LogP contribution is -2.46. The van der Waals surface area contributed by atoms with Crippen molar-refractivity contribution in [3.8, 4) is 0 Å². The van der Waals surface area contributed by atoms with Crippen LogP contribution >= 0.6 is 0 Å². The van der Waals surface area contributed by atoms with Crippen LogP contribution < -0.4 is 10.2 Å². The van der Waals surface area contributed by atoms with Gasteiger partial charge in [0.25, 0.3) is 0 Å². The van der Waals surface area contributed by atoms with Gasteiger partial charge >= 0.3 is 6.18 Å². The zero-order valence-corrected chi connectivity index (χ0v) is 21.1. The molecule has 3 aromatic carbocycles. The van der Waals surface area contributed by atoms with Gasteiger partial charge in [-0.2, -0.15) is 13.2 Å². The average molecular weight is 546 g/mol. The van der Waals surface area contributed by atoms with E-state index in [-0.39, 0.29) is 17.2 Å². The van der Waals surface area contributed by atoms with Crippen molar-refractivity contribution in [3.05, 3.63) is 101 Å². The molecule has 0 aliphatic carbocycles. The second kappa shape index (κ2) is 9.18. The molecule has 3 aliphatic heterocycles. The van der Waals surface area contributed by atoms with Crippen LogP contribution in [-0.2, 0) is 20.6 Å². The Labute approximate surface area is 226 Å². The molecular formula is C30H22F3N3O4. The number of hydrogen-bond acceptors (Lipinski definition) is 5. The number of alkyl halides is 3. The molecule has 0 spiro atoms. The molecule has 4 atom stereocenters. The zero-order valence-electron chi connectivity index (χ0n) is 21.1. The number of nitrogens with zero attached hydrogens (tertiary/aromatic N) is 2. The Morgan fingerprint density at radius 3 is 2.27 bits per heavy atom. The third-order valence-corrected chi connectivity index (χ3v) is 7.72. The molecule has 2 saturated heterocycles. The van der Waals surface area contributed by atoms with Gasteiger partial charge in [-0.1, -0.05) is 30.3 Å². The number of fused-ring (bicyclic) bond motifs is 5. The number of anilines is 2. The first-order chi connectivity index (χ1) is 19.1. The summed E-state index contributed by atoms with van der Waals surface area (Å²) in [5.41, 5.74) is 1.30. The zero-order chi connectivity index (χ0) is 28.3. The molecule has 7 nitrogen and oxygen atoms in total. The molecule has 6 rings (SSSR count).